The molecule has 0 aromatic heterocycles. The average Bonchev–Trinajstić information content (AvgIpc) is 1.65. The fourth-order valence-electron chi connectivity index (χ4n) is 13.5. The summed E-state index contributed by atoms with van der Waals surface area (Å²) < 4.78 is 64.5. The van der Waals surface area contributed by atoms with Crippen molar-refractivity contribution in [3.63, 3.8) is 0 Å². The monoisotopic (exact) mass is 1740 g/mol. The molecule has 3 saturated heterocycles. The Balaban J connectivity index is 0.000000534. The molecule has 4 unspecified atom stereocenters. The van der Waals surface area contributed by atoms with Gasteiger partial charge in [-0.3, -0.25) is 0 Å². The number of carbonyl (C=O) groups excluding carboxylic acids is 7. The van der Waals surface area contributed by atoms with Gasteiger partial charge < -0.3 is 73.0 Å². The molecule has 0 bridgehead atoms. The molecule has 23 heteroatoms. The first-order chi connectivity index (χ1) is 52.9. The number of esters is 6. The molecule has 109 heavy (non-hydrogen) atoms. The highest BCUT2D eigenvalue weighted by atomic mass is 127. The highest BCUT2D eigenvalue weighted by Gasteiger charge is 2.47. The predicted molar refractivity (Wildman–Crippen MR) is 438 cm³/mol. The molecule has 3 fully saturated rings. The van der Waals surface area contributed by atoms with E-state index < -0.39 is 72.4 Å². The average molecular weight is 1740 g/mol. The van der Waals surface area contributed by atoms with Gasteiger partial charge in [-0.25, -0.2) is 28.8 Å². The van der Waals surface area contributed by atoms with E-state index in [0.717, 1.165) is 19.1 Å². The van der Waals surface area contributed by atoms with Crippen LogP contribution in [0, 0.1) is 35.5 Å². The number of rotatable bonds is 34. The van der Waals surface area contributed by atoms with Gasteiger partial charge in [0.25, 0.3) is 0 Å². The summed E-state index contributed by atoms with van der Waals surface area (Å²) in [7, 11) is 0. The third kappa shape index (κ3) is 31.8. The van der Waals surface area contributed by atoms with Gasteiger partial charge in [0.2, 0.25) is 0 Å². The molecule has 600 valence electrons. The van der Waals surface area contributed by atoms with Gasteiger partial charge in [0.05, 0.1) is 82.7 Å². The number of aliphatic hydroxyl groups is 5. The van der Waals surface area contributed by atoms with E-state index in [9.17, 15) is 59.1 Å². The van der Waals surface area contributed by atoms with Crippen LogP contribution in [0.1, 0.15) is 179 Å². The second-order valence-electron chi connectivity index (χ2n) is 25.2. The summed E-state index contributed by atoms with van der Waals surface area (Å²) in [6.07, 6.45) is 1.68. The molecule has 6 aromatic carbocycles. The van der Waals surface area contributed by atoms with E-state index in [1.54, 1.807) is 184 Å². The summed E-state index contributed by atoms with van der Waals surface area (Å²) in [6.45, 7) is 13.3. The quantitative estimate of drug-likeness (QED) is 0.00626. The first-order valence-corrected chi connectivity index (χ1v) is 38.6. The summed E-state index contributed by atoms with van der Waals surface area (Å²) in [6, 6.07) is 51.5. The Morgan fingerprint density at radius 3 is 0.881 bits per heavy atom. The Bertz CT molecular complexity index is 3350. The molecule has 0 saturated carbocycles. The van der Waals surface area contributed by atoms with Crippen LogP contribution in [0.5, 0.6) is 0 Å². The Labute approximate surface area is 678 Å². The van der Waals surface area contributed by atoms with Crippen molar-refractivity contribution in [1.82, 2.24) is 0 Å². The second kappa shape index (κ2) is 56.0. The lowest BCUT2D eigenvalue weighted by Gasteiger charge is -2.25. The molecule has 5 N–H and O–H groups in total. The molecule has 6 aromatic rings. The minimum absolute atomic E-state index is 0. The van der Waals surface area contributed by atoms with Crippen molar-refractivity contribution in [2.75, 3.05) is 51.2 Å². The lowest BCUT2D eigenvalue weighted by molar-refractivity contribution is -0.111. The summed E-state index contributed by atoms with van der Waals surface area (Å²) >= 11 is 2.15. The van der Waals surface area contributed by atoms with E-state index in [1.165, 1.54) is 0 Å². The van der Waals surface area contributed by atoms with Crippen LogP contribution in [0.15, 0.2) is 195 Å². The zero-order valence-electron chi connectivity index (χ0n) is 64.7. The van der Waals surface area contributed by atoms with E-state index in [0.29, 0.717) is 66.4 Å². The normalized spacial score (nSPS) is 21.8. The van der Waals surface area contributed by atoms with Crippen LogP contribution in [-0.2, 0) is 47.4 Å². The van der Waals surface area contributed by atoms with Gasteiger partial charge in [0.15, 0.2) is 0 Å². The summed E-state index contributed by atoms with van der Waals surface area (Å²) in [5.74, 6) is -3.52. The maximum Gasteiger partial charge on any atom is 0.338 e. The first kappa shape index (κ1) is 94.1. The van der Waals surface area contributed by atoms with Crippen molar-refractivity contribution < 1.29 is 104 Å². The first-order valence-electron chi connectivity index (χ1n) is 37.9. The third-order valence-electron chi connectivity index (χ3n) is 18.6. The fourth-order valence-corrected chi connectivity index (χ4v) is 13.5. The summed E-state index contributed by atoms with van der Waals surface area (Å²) in [5.41, 5.74) is 2.37. The Hall–Kier alpha value is -7.31. The maximum atomic E-state index is 12.8. The molecule has 3 aliphatic rings. The highest BCUT2D eigenvalue weighted by molar-refractivity contribution is 14.1. The van der Waals surface area contributed by atoms with Gasteiger partial charge >= 0.3 is 35.8 Å². The van der Waals surface area contributed by atoms with Crippen molar-refractivity contribution >= 4 is 88.7 Å². The summed E-state index contributed by atoms with van der Waals surface area (Å²) in [5, 5.41) is 49.4. The largest absolute Gasteiger partial charge is 0.458 e. The molecule has 0 spiro atoms. The van der Waals surface area contributed by atoms with E-state index in [1.807, 2.05) is 37.0 Å². The molecule has 0 aliphatic carbocycles. The van der Waals surface area contributed by atoms with Crippen LogP contribution in [0.2, 0.25) is 0 Å². The number of ether oxygens (including phenoxy) is 9. The zero-order chi connectivity index (χ0) is 79.9. The van der Waals surface area contributed by atoms with E-state index in [-0.39, 0.29) is 163 Å². The lowest BCUT2D eigenvalue weighted by Crippen LogP contribution is -2.33. The molecular formula is C86H116I2O21. The molecule has 3 aliphatic heterocycles. The number of hydrogen-bond donors (Lipinski definition) is 5. The van der Waals surface area contributed by atoms with Crippen LogP contribution >= 0.6 is 46.6 Å². The molecular weight excluding hydrogens is 1620 g/mol. The molecule has 0 radical (unpaired) electrons. The topological polar surface area (TPSA) is 304 Å². The number of benzene rings is 6. The number of aliphatic hydroxyl groups excluding tert-OH is 5. The molecule has 9 rings (SSSR count). The molecule has 0 amide bonds. The number of hydrogen-bond acceptors (Lipinski definition) is 21. The third-order valence-corrected chi connectivity index (χ3v) is 18.6. The van der Waals surface area contributed by atoms with Crippen LogP contribution in [0.4, 0.5) is 0 Å². The van der Waals surface area contributed by atoms with E-state index in [4.69, 9.17) is 45.4 Å². The van der Waals surface area contributed by atoms with E-state index in [2.05, 4.69) is 36.1 Å². The lowest BCUT2D eigenvalue weighted by atomic mass is 9.82. The second-order valence-corrected chi connectivity index (χ2v) is 25.2. The zero-order valence-corrected chi connectivity index (χ0v) is 67.2. The van der Waals surface area contributed by atoms with Gasteiger partial charge in [-0.05, 0) is 102 Å². The van der Waals surface area contributed by atoms with Crippen molar-refractivity contribution in [2.24, 2.45) is 35.5 Å². The Kier molecular flexibility index (Phi) is 48.3. The van der Waals surface area contributed by atoms with Crippen LogP contribution in [0.3, 0.4) is 0 Å². The number of alkyl halides is 1. The maximum absolute atomic E-state index is 12.8. The van der Waals surface area contributed by atoms with Crippen molar-refractivity contribution in [2.45, 2.75) is 175 Å². The standard InChI is InChI=1S/C27H34O8.C27H32O6.C26H30O7.2C2H6.CH3I.CH4.HI/c1-2-22-23(16-29)25(35-24(22)13-20(30)15-28)14-21(34-27(32)19-11-7-4-8-12-19)17-33-26(31)18-9-5-3-6-10-18;1-3-11-24-22(4-2)23(17-28)25(33-24)16-21(32-27(30)20-14-9-6-10-15-20)18-31-26(29)19-12-7-5-8-13-19;1-2-21-22(16-28)24(33-23(21)13-14-27)15-20(32-26(30)19-11-7-4-8-12-19)17-31-25(29)18-9-5-3-6-10-18;3*1-2;;/h3-12,20-25,28-30H,2,13-17H2,1H3;3,5-10,12-15,21-25,28H,1,4,11,16-18H2,2H3;3-12,14,20-24,28H,2,13,15-17H2,1H3;2*1-2H3;1H3;1H4;1H/t20?,21?,22-,23-,24+,25-;21?,22-,23-,24+,25-;20?,21-,22-,23+,24-;;;;;/m111...../s1/i;;;2*1D;;;. The number of carbonyl (C=O) groups is 7. The smallest absolute Gasteiger partial charge is 0.338 e. The molecule has 3 heterocycles. The SMILES string of the molecule is C.C=CC[C@@H]1O[C@H](CC(COC(=O)c2ccccc2)OC(=O)c2ccccc2)[C@H](CO)[C@H]1CC.CC[C@@H]1[C@@H](CO)[C@@H](CC(COC(=O)c2ccccc2)OC(=O)c2ccccc2)O[C@H]1CC(O)CO.CC[C@@H]1[C@@H](CO)[C@@H](CC(COC(=O)c2ccccc2)OC(=O)c2ccccc2)O[C@H]1CC=O.CI.I.[2H]CC.[2H]CC. The predicted octanol–water partition coefficient (Wildman–Crippen LogP) is 14.8. The van der Waals surface area contributed by atoms with Crippen LogP contribution in [-0.4, -0.2) is 180 Å². The Morgan fingerprint density at radius 1 is 0.422 bits per heavy atom. The molecule has 21 nitrogen and oxygen atoms in total. The molecule has 16 atom stereocenters. The van der Waals surface area contributed by atoms with Crippen LogP contribution < -0.4 is 0 Å². The minimum Gasteiger partial charge on any atom is -0.458 e. The van der Waals surface area contributed by atoms with Crippen molar-refractivity contribution in [1.29, 1.82) is 0 Å². The van der Waals surface area contributed by atoms with E-state index >= 15 is 0 Å². The van der Waals surface area contributed by atoms with Crippen molar-refractivity contribution in [3.05, 3.63) is 228 Å². The van der Waals surface area contributed by atoms with Gasteiger partial charge in [-0.1, -0.05) is 213 Å². The fraction of sp³-hybridized carbons (Fsp3) is 0.477. The van der Waals surface area contributed by atoms with Gasteiger partial charge in [0.1, 0.15) is 44.4 Å². The van der Waals surface area contributed by atoms with Gasteiger partial charge in [-0.15, -0.1) is 30.6 Å². The minimum atomic E-state index is -0.925. The van der Waals surface area contributed by atoms with Gasteiger partial charge in [0, 0.05) is 72.4 Å². The number of aldehydes is 1. The highest BCUT2D eigenvalue weighted by Crippen LogP contribution is 2.42. The number of halogens is 2. The van der Waals surface area contributed by atoms with Crippen molar-refractivity contribution in [3.8, 4) is 0 Å². The summed E-state index contributed by atoms with van der Waals surface area (Å²) in [4.78, 5) is 88.6. The van der Waals surface area contributed by atoms with Crippen LogP contribution in [0.25, 0.3) is 0 Å². The Morgan fingerprint density at radius 2 is 0.651 bits per heavy atom. The van der Waals surface area contributed by atoms with Gasteiger partial charge in [-0.2, -0.15) is 0 Å².